The number of nitrogens with two attached hydrogens (primary N) is 1. The molecule has 0 fully saturated rings. The van der Waals surface area contributed by atoms with Crippen LogP contribution in [0.4, 0.5) is 0 Å². The van der Waals surface area contributed by atoms with Gasteiger partial charge >= 0.3 is 0 Å². The Labute approximate surface area is 120 Å². The zero-order valence-electron chi connectivity index (χ0n) is 12.3. The van der Waals surface area contributed by atoms with Crippen molar-refractivity contribution in [1.82, 2.24) is 4.90 Å². The first-order valence-corrected chi connectivity index (χ1v) is 6.72. The first kappa shape index (κ1) is 14.6. The molecule has 20 heavy (non-hydrogen) atoms. The number of rotatable bonds is 6. The van der Waals surface area contributed by atoms with Crippen LogP contribution in [0.2, 0.25) is 0 Å². The molecule has 2 rings (SSSR count). The number of ether oxygens (including phenoxy) is 1. The highest BCUT2D eigenvalue weighted by atomic mass is 16.5. The summed E-state index contributed by atoms with van der Waals surface area (Å²) in [6, 6.07) is 10.1. The summed E-state index contributed by atoms with van der Waals surface area (Å²) in [6.07, 6.45) is 0. The average molecular weight is 274 g/mol. The molecule has 0 amide bonds. The lowest BCUT2D eigenvalue weighted by Gasteiger charge is -2.18. The molecule has 4 heteroatoms. The van der Waals surface area contributed by atoms with Gasteiger partial charge in [-0.05, 0) is 43.8 Å². The van der Waals surface area contributed by atoms with Gasteiger partial charge in [0, 0.05) is 18.7 Å². The largest absolute Gasteiger partial charge is 0.496 e. The number of benzene rings is 1. The van der Waals surface area contributed by atoms with Crippen LogP contribution in [0.15, 0.2) is 34.7 Å². The molecule has 0 atom stereocenters. The molecule has 1 aromatic heterocycles. The van der Waals surface area contributed by atoms with Gasteiger partial charge in [0.05, 0.1) is 13.7 Å². The van der Waals surface area contributed by atoms with Gasteiger partial charge in [-0.1, -0.05) is 6.07 Å². The smallest absolute Gasteiger partial charge is 0.123 e. The van der Waals surface area contributed by atoms with E-state index in [0.29, 0.717) is 6.54 Å². The van der Waals surface area contributed by atoms with E-state index in [9.17, 15) is 0 Å². The van der Waals surface area contributed by atoms with Crippen LogP contribution in [-0.4, -0.2) is 19.1 Å². The fourth-order valence-corrected chi connectivity index (χ4v) is 2.27. The first-order chi connectivity index (χ1) is 9.62. The quantitative estimate of drug-likeness (QED) is 0.880. The summed E-state index contributed by atoms with van der Waals surface area (Å²) in [5, 5.41) is 0. The lowest BCUT2D eigenvalue weighted by molar-refractivity contribution is 0.280. The van der Waals surface area contributed by atoms with Crippen molar-refractivity contribution in [2.24, 2.45) is 5.73 Å². The number of methoxy groups -OCH3 is 1. The van der Waals surface area contributed by atoms with Gasteiger partial charge in [0.2, 0.25) is 0 Å². The Morgan fingerprint density at radius 3 is 2.60 bits per heavy atom. The molecule has 4 nitrogen and oxygen atoms in total. The normalized spacial score (nSPS) is 11.1. The summed E-state index contributed by atoms with van der Waals surface area (Å²) in [5.41, 5.74) is 7.95. The van der Waals surface area contributed by atoms with E-state index >= 15 is 0 Å². The maximum atomic E-state index is 5.70. The van der Waals surface area contributed by atoms with Gasteiger partial charge in [0.15, 0.2) is 0 Å². The minimum absolute atomic E-state index is 0.540. The van der Waals surface area contributed by atoms with Crippen LogP contribution in [-0.2, 0) is 19.6 Å². The van der Waals surface area contributed by atoms with Crippen molar-refractivity contribution in [3.8, 4) is 5.75 Å². The Morgan fingerprint density at radius 2 is 2.00 bits per heavy atom. The van der Waals surface area contributed by atoms with Gasteiger partial charge in [0.1, 0.15) is 17.3 Å². The Kier molecular flexibility index (Phi) is 4.82. The van der Waals surface area contributed by atoms with E-state index in [1.54, 1.807) is 7.11 Å². The van der Waals surface area contributed by atoms with Crippen molar-refractivity contribution in [3.63, 3.8) is 0 Å². The van der Waals surface area contributed by atoms with Crippen LogP contribution in [0, 0.1) is 6.92 Å². The van der Waals surface area contributed by atoms with Crippen molar-refractivity contribution < 1.29 is 9.15 Å². The number of furan rings is 1. The topological polar surface area (TPSA) is 51.6 Å². The molecule has 0 saturated carbocycles. The van der Waals surface area contributed by atoms with Gasteiger partial charge in [-0.15, -0.1) is 0 Å². The fourth-order valence-electron chi connectivity index (χ4n) is 2.27. The molecular formula is C16H22N2O2. The number of hydrogen-bond acceptors (Lipinski definition) is 4. The summed E-state index contributed by atoms with van der Waals surface area (Å²) >= 11 is 0. The van der Waals surface area contributed by atoms with E-state index in [1.807, 2.05) is 31.2 Å². The molecule has 0 spiro atoms. The molecule has 0 aliphatic carbocycles. The molecule has 0 bridgehead atoms. The average Bonchev–Trinajstić information content (AvgIpc) is 2.83. The third-order valence-corrected chi connectivity index (χ3v) is 3.24. The minimum Gasteiger partial charge on any atom is -0.496 e. The molecule has 0 saturated heterocycles. The zero-order chi connectivity index (χ0) is 14.5. The predicted molar refractivity (Wildman–Crippen MR) is 79.5 cm³/mol. The second-order valence-corrected chi connectivity index (χ2v) is 5.03. The Hall–Kier alpha value is -1.78. The Morgan fingerprint density at radius 1 is 1.20 bits per heavy atom. The second-order valence-electron chi connectivity index (χ2n) is 5.03. The van der Waals surface area contributed by atoms with Crippen LogP contribution in [0.5, 0.6) is 5.75 Å². The van der Waals surface area contributed by atoms with E-state index in [2.05, 4.69) is 18.0 Å². The van der Waals surface area contributed by atoms with Crippen LogP contribution >= 0.6 is 0 Å². The molecule has 0 unspecified atom stereocenters. The molecule has 108 valence electrons. The van der Waals surface area contributed by atoms with Gasteiger partial charge in [-0.25, -0.2) is 0 Å². The van der Waals surface area contributed by atoms with Crippen molar-refractivity contribution in [3.05, 3.63) is 53.0 Å². The highest BCUT2D eigenvalue weighted by Crippen LogP contribution is 2.22. The Balaban J connectivity index is 2.08. The molecule has 0 aliphatic rings. The lowest BCUT2D eigenvalue weighted by atomic mass is 10.1. The van der Waals surface area contributed by atoms with E-state index in [-0.39, 0.29) is 0 Å². The first-order valence-electron chi connectivity index (χ1n) is 6.72. The summed E-state index contributed by atoms with van der Waals surface area (Å²) in [5.74, 6) is 2.81. The van der Waals surface area contributed by atoms with Gasteiger partial charge < -0.3 is 14.9 Å². The van der Waals surface area contributed by atoms with Crippen molar-refractivity contribution in [2.75, 3.05) is 14.2 Å². The third-order valence-electron chi connectivity index (χ3n) is 3.24. The summed E-state index contributed by atoms with van der Waals surface area (Å²) in [4.78, 5) is 2.19. The van der Waals surface area contributed by atoms with E-state index in [1.165, 1.54) is 0 Å². The maximum Gasteiger partial charge on any atom is 0.123 e. The standard InChI is InChI=1S/C16H22N2O2/c1-12-4-6-15(20-12)11-18(2)10-14-8-13(9-17)5-7-16(14)19-3/h4-8H,9-11,17H2,1-3H3. The third kappa shape index (κ3) is 3.62. The van der Waals surface area contributed by atoms with Gasteiger partial charge in [-0.2, -0.15) is 0 Å². The summed E-state index contributed by atoms with van der Waals surface area (Å²) in [6.45, 7) is 4.05. The molecule has 2 aromatic rings. The number of nitrogens with zero attached hydrogens (tertiary/aromatic N) is 1. The molecule has 1 aromatic carbocycles. The highest BCUT2D eigenvalue weighted by Gasteiger charge is 2.09. The monoisotopic (exact) mass is 274 g/mol. The maximum absolute atomic E-state index is 5.70. The SMILES string of the molecule is COc1ccc(CN)cc1CN(C)Cc1ccc(C)o1. The summed E-state index contributed by atoms with van der Waals surface area (Å²) in [7, 11) is 3.75. The lowest BCUT2D eigenvalue weighted by Crippen LogP contribution is -2.17. The summed E-state index contributed by atoms with van der Waals surface area (Å²) < 4.78 is 11.0. The Bertz CT molecular complexity index is 563. The minimum atomic E-state index is 0.540. The second kappa shape index (κ2) is 6.59. The zero-order valence-corrected chi connectivity index (χ0v) is 12.3. The highest BCUT2D eigenvalue weighted by molar-refractivity contribution is 5.37. The van der Waals surface area contributed by atoms with Crippen LogP contribution in [0.1, 0.15) is 22.6 Å². The van der Waals surface area contributed by atoms with Crippen molar-refractivity contribution in [2.45, 2.75) is 26.6 Å². The van der Waals surface area contributed by atoms with Crippen LogP contribution in [0.3, 0.4) is 0 Å². The molecular weight excluding hydrogens is 252 g/mol. The van der Waals surface area contributed by atoms with E-state index in [4.69, 9.17) is 14.9 Å². The fraction of sp³-hybridized carbons (Fsp3) is 0.375. The van der Waals surface area contributed by atoms with Crippen LogP contribution in [0.25, 0.3) is 0 Å². The van der Waals surface area contributed by atoms with Crippen molar-refractivity contribution >= 4 is 0 Å². The number of aryl methyl sites for hydroxylation is 1. The molecule has 0 aliphatic heterocycles. The van der Waals surface area contributed by atoms with Gasteiger partial charge in [0.25, 0.3) is 0 Å². The number of hydrogen-bond donors (Lipinski definition) is 1. The van der Waals surface area contributed by atoms with Gasteiger partial charge in [-0.3, -0.25) is 4.90 Å². The molecule has 1 heterocycles. The van der Waals surface area contributed by atoms with E-state index in [0.717, 1.165) is 41.5 Å². The van der Waals surface area contributed by atoms with E-state index < -0.39 is 0 Å². The predicted octanol–water partition coefficient (Wildman–Crippen LogP) is 2.69. The molecule has 2 N–H and O–H groups in total. The molecule has 0 radical (unpaired) electrons. The van der Waals surface area contributed by atoms with Crippen LogP contribution < -0.4 is 10.5 Å². The van der Waals surface area contributed by atoms with Crippen molar-refractivity contribution in [1.29, 1.82) is 0 Å².